The first-order chi connectivity index (χ1) is 29.8. The number of rotatable bonds is 8. The maximum Gasteiger partial charge on any atom is 0.0547 e. The van der Waals surface area contributed by atoms with Crippen molar-refractivity contribution < 1.29 is 0 Å². The molecular weight excluding hydrogens is 725 g/mol. The van der Waals surface area contributed by atoms with Crippen molar-refractivity contribution in [2.24, 2.45) is 0 Å². The van der Waals surface area contributed by atoms with Crippen LogP contribution >= 0.6 is 0 Å². The standard InChI is InChI=1S/C58H40N2/c1-4-17-41(18-5-1)42-33-36-48(37-34-42)59(55-31-12-11-28-52(55)54-30-16-22-44-21-15-29-50(58(44)54)43-19-6-2-7-20-43)49-26-14-23-45(39-49)46-35-38-53-51-27-10-13-32-56(51)60(57(53)40-46)47-24-8-3-9-25-47/h1-40H. The normalized spacial score (nSPS) is 11.3. The molecule has 0 aliphatic carbocycles. The van der Waals surface area contributed by atoms with Gasteiger partial charge < -0.3 is 9.47 Å². The van der Waals surface area contributed by atoms with E-state index in [1.807, 2.05) is 0 Å². The summed E-state index contributed by atoms with van der Waals surface area (Å²) in [6.07, 6.45) is 0. The molecule has 0 atom stereocenters. The SMILES string of the molecule is c1ccc(-c2ccc(N(c3cccc(-c4ccc5c6ccccc6n(-c6ccccc6)c5c4)c3)c3ccccc3-c3cccc4cccc(-c5ccccc5)c34)cc2)cc1. The molecule has 60 heavy (non-hydrogen) atoms. The fraction of sp³-hybridized carbons (Fsp3) is 0. The van der Waals surface area contributed by atoms with Crippen LogP contribution in [0.5, 0.6) is 0 Å². The fourth-order valence-electron chi connectivity index (χ4n) is 9.01. The van der Waals surface area contributed by atoms with Gasteiger partial charge in [-0.1, -0.05) is 188 Å². The lowest BCUT2D eigenvalue weighted by atomic mass is 9.90. The quantitative estimate of drug-likeness (QED) is 0.150. The molecule has 0 unspecified atom stereocenters. The Bertz CT molecular complexity index is 3290. The van der Waals surface area contributed by atoms with Crippen LogP contribution in [0.25, 0.3) is 82.8 Å². The van der Waals surface area contributed by atoms with E-state index in [1.165, 1.54) is 66.0 Å². The lowest BCUT2D eigenvalue weighted by molar-refractivity contribution is 1.18. The average molecular weight is 765 g/mol. The smallest absolute Gasteiger partial charge is 0.0547 e. The molecule has 0 bridgehead atoms. The third-order valence-corrected chi connectivity index (χ3v) is 11.8. The van der Waals surface area contributed by atoms with Gasteiger partial charge in [0, 0.05) is 33.4 Å². The van der Waals surface area contributed by atoms with E-state index in [9.17, 15) is 0 Å². The van der Waals surface area contributed by atoms with Crippen LogP contribution in [0, 0.1) is 0 Å². The second-order valence-electron chi connectivity index (χ2n) is 15.3. The first-order valence-electron chi connectivity index (χ1n) is 20.6. The molecule has 11 rings (SSSR count). The molecule has 0 aliphatic rings. The van der Waals surface area contributed by atoms with Gasteiger partial charge in [0.25, 0.3) is 0 Å². The summed E-state index contributed by atoms with van der Waals surface area (Å²) in [5.74, 6) is 0. The summed E-state index contributed by atoms with van der Waals surface area (Å²) in [5, 5.41) is 4.96. The monoisotopic (exact) mass is 764 g/mol. The predicted molar refractivity (Wildman–Crippen MR) is 255 cm³/mol. The van der Waals surface area contributed by atoms with Gasteiger partial charge in [-0.2, -0.15) is 0 Å². The van der Waals surface area contributed by atoms with Crippen molar-refractivity contribution in [3.63, 3.8) is 0 Å². The van der Waals surface area contributed by atoms with Gasteiger partial charge in [-0.15, -0.1) is 0 Å². The van der Waals surface area contributed by atoms with E-state index in [2.05, 4.69) is 252 Å². The average Bonchev–Trinajstić information content (AvgIpc) is 3.66. The van der Waals surface area contributed by atoms with E-state index < -0.39 is 0 Å². The van der Waals surface area contributed by atoms with Gasteiger partial charge in [-0.3, -0.25) is 0 Å². The fourth-order valence-corrected chi connectivity index (χ4v) is 9.01. The lowest BCUT2D eigenvalue weighted by Gasteiger charge is -2.29. The molecule has 2 heteroatoms. The Labute approximate surface area is 350 Å². The minimum atomic E-state index is 1.08. The highest BCUT2D eigenvalue weighted by Crippen LogP contribution is 2.46. The zero-order valence-corrected chi connectivity index (χ0v) is 33.0. The largest absolute Gasteiger partial charge is 0.310 e. The summed E-state index contributed by atoms with van der Waals surface area (Å²) in [6, 6.07) is 87.9. The van der Waals surface area contributed by atoms with Crippen LogP contribution in [0.4, 0.5) is 17.1 Å². The second-order valence-corrected chi connectivity index (χ2v) is 15.3. The molecule has 0 spiro atoms. The topological polar surface area (TPSA) is 8.17 Å². The molecule has 1 heterocycles. The van der Waals surface area contributed by atoms with Crippen molar-refractivity contribution in [1.29, 1.82) is 0 Å². The Hall–Kier alpha value is -7.94. The zero-order valence-electron chi connectivity index (χ0n) is 33.0. The summed E-state index contributed by atoms with van der Waals surface area (Å²) < 4.78 is 2.39. The Morgan fingerprint density at radius 1 is 0.300 bits per heavy atom. The number of nitrogens with zero attached hydrogens (tertiary/aromatic N) is 2. The van der Waals surface area contributed by atoms with Crippen LogP contribution in [0.1, 0.15) is 0 Å². The van der Waals surface area contributed by atoms with Gasteiger partial charge in [-0.05, 0) is 104 Å². The molecule has 282 valence electrons. The number of anilines is 3. The maximum atomic E-state index is 2.43. The van der Waals surface area contributed by atoms with Crippen molar-refractivity contribution in [2.75, 3.05) is 4.90 Å². The minimum absolute atomic E-state index is 1.08. The van der Waals surface area contributed by atoms with Crippen LogP contribution in [-0.4, -0.2) is 4.57 Å². The van der Waals surface area contributed by atoms with Crippen molar-refractivity contribution in [2.45, 2.75) is 0 Å². The van der Waals surface area contributed by atoms with Crippen molar-refractivity contribution in [3.05, 3.63) is 243 Å². The number of aromatic nitrogens is 1. The Morgan fingerprint density at radius 3 is 1.63 bits per heavy atom. The maximum absolute atomic E-state index is 2.43. The molecule has 0 saturated carbocycles. The highest BCUT2D eigenvalue weighted by Gasteiger charge is 2.21. The van der Waals surface area contributed by atoms with Gasteiger partial charge in [0.15, 0.2) is 0 Å². The van der Waals surface area contributed by atoms with Crippen LogP contribution < -0.4 is 4.90 Å². The molecule has 0 aliphatic heterocycles. The second kappa shape index (κ2) is 15.1. The van der Waals surface area contributed by atoms with E-state index in [1.54, 1.807) is 0 Å². The number of hydrogen-bond acceptors (Lipinski definition) is 1. The number of hydrogen-bond donors (Lipinski definition) is 0. The Morgan fingerprint density at radius 2 is 0.850 bits per heavy atom. The van der Waals surface area contributed by atoms with E-state index in [-0.39, 0.29) is 0 Å². The van der Waals surface area contributed by atoms with Gasteiger partial charge in [0.05, 0.1) is 16.7 Å². The summed E-state index contributed by atoms with van der Waals surface area (Å²) >= 11 is 0. The van der Waals surface area contributed by atoms with Crippen molar-refractivity contribution in [3.8, 4) is 50.2 Å². The van der Waals surface area contributed by atoms with Gasteiger partial charge in [0.1, 0.15) is 0 Å². The molecule has 0 saturated heterocycles. The molecule has 0 fully saturated rings. The molecule has 11 aromatic rings. The Kier molecular flexibility index (Phi) is 8.87. The van der Waals surface area contributed by atoms with Gasteiger partial charge >= 0.3 is 0 Å². The molecule has 1 aromatic heterocycles. The molecular formula is C58H40N2. The van der Waals surface area contributed by atoms with Crippen molar-refractivity contribution >= 4 is 49.6 Å². The van der Waals surface area contributed by atoms with Crippen LogP contribution in [0.15, 0.2) is 243 Å². The van der Waals surface area contributed by atoms with E-state index >= 15 is 0 Å². The lowest BCUT2D eigenvalue weighted by Crippen LogP contribution is -2.11. The van der Waals surface area contributed by atoms with Crippen LogP contribution in [0.2, 0.25) is 0 Å². The van der Waals surface area contributed by atoms with Crippen LogP contribution in [-0.2, 0) is 0 Å². The van der Waals surface area contributed by atoms with E-state index in [4.69, 9.17) is 0 Å². The first-order valence-corrected chi connectivity index (χ1v) is 20.6. The summed E-state index contributed by atoms with van der Waals surface area (Å²) in [4.78, 5) is 2.43. The molecule has 0 radical (unpaired) electrons. The van der Waals surface area contributed by atoms with Gasteiger partial charge in [-0.25, -0.2) is 0 Å². The highest BCUT2D eigenvalue weighted by atomic mass is 15.1. The molecule has 10 aromatic carbocycles. The number of para-hydroxylation sites is 3. The number of fused-ring (bicyclic) bond motifs is 4. The van der Waals surface area contributed by atoms with E-state index in [0.717, 1.165) is 33.9 Å². The van der Waals surface area contributed by atoms with Crippen LogP contribution in [0.3, 0.4) is 0 Å². The minimum Gasteiger partial charge on any atom is -0.310 e. The third kappa shape index (κ3) is 6.23. The van der Waals surface area contributed by atoms with Gasteiger partial charge in [0.2, 0.25) is 0 Å². The first kappa shape index (κ1) is 35.2. The highest BCUT2D eigenvalue weighted by molar-refractivity contribution is 6.11. The summed E-state index contributed by atoms with van der Waals surface area (Å²) in [6.45, 7) is 0. The summed E-state index contributed by atoms with van der Waals surface area (Å²) in [5.41, 5.74) is 16.3. The van der Waals surface area contributed by atoms with Crippen molar-refractivity contribution in [1.82, 2.24) is 4.57 Å². The summed E-state index contributed by atoms with van der Waals surface area (Å²) in [7, 11) is 0. The molecule has 2 nitrogen and oxygen atoms in total. The third-order valence-electron chi connectivity index (χ3n) is 11.8. The molecule has 0 amide bonds. The number of benzene rings is 10. The zero-order chi connectivity index (χ0) is 39.8. The van der Waals surface area contributed by atoms with E-state index in [0.29, 0.717) is 0 Å². The Balaban J connectivity index is 1.10. The molecule has 0 N–H and O–H groups in total. The predicted octanol–water partition coefficient (Wildman–Crippen LogP) is 16.1.